The van der Waals surface area contributed by atoms with Crippen molar-refractivity contribution in [2.75, 3.05) is 31.2 Å². The molecule has 0 fully saturated rings. The van der Waals surface area contributed by atoms with E-state index in [0.29, 0.717) is 30.5 Å². The second-order valence-electron chi connectivity index (χ2n) is 7.86. The molecule has 0 aromatic heterocycles. The Hall–Kier alpha value is -2.14. The molecule has 0 spiro atoms. The minimum atomic E-state index is -1.03. The van der Waals surface area contributed by atoms with Gasteiger partial charge in [0.15, 0.2) is 5.96 Å². The van der Waals surface area contributed by atoms with Gasteiger partial charge >= 0.3 is 6.09 Å². The van der Waals surface area contributed by atoms with Crippen molar-refractivity contribution in [1.82, 2.24) is 10.6 Å². The van der Waals surface area contributed by atoms with Crippen LogP contribution >= 0.6 is 24.0 Å². The van der Waals surface area contributed by atoms with Crippen LogP contribution in [-0.4, -0.2) is 47.8 Å². The average molecular weight is 573 g/mol. The zero-order chi connectivity index (χ0) is 22.7. The highest BCUT2D eigenvalue weighted by Gasteiger charge is 2.16. The highest BCUT2D eigenvalue weighted by atomic mass is 127. The number of carbonyl (C=O) groups is 1. The smallest absolute Gasteiger partial charge is 0.412 e. The van der Waals surface area contributed by atoms with Crippen LogP contribution in [0.5, 0.6) is 0 Å². The van der Waals surface area contributed by atoms with Crippen LogP contribution in [0.25, 0.3) is 0 Å². The molecule has 0 bridgehead atoms. The topological polar surface area (TPSA) is 91.8 Å². The maximum absolute atomic E-state index is 12.3. The molecule has 2 rings (SSSR count). The number of benzene rings is 2. The lowest BCUT2D eigenvalue weighted by molar-refractivity contribution is 0.0636. The van der Waals surface area contributed by atoms with Gasteiger partial charge in [-0.25, -0.2) is 4.79 Å². The fourth-order valence-electron chi connectivity index (χ4n) is 2.67. The van der Waals surface area contributed by atoms with Crippen LogP contribution in [0.3, 0.4) is 0 Å². The van der Waals surface area contributed by atoms with Crippen molar-refractivity contribution in [3.63, 3.8) is 0 Å². The van der Waals surface area contributed by atoms with Gasteiger partial charge in [0.05, 0.1) is 10.8 Å². The number of aliphatic imine (C=N–C) groups is 1. The molecule has 1 amide bonds. The summed E-state index contributed by atoms with van der Waals surface area (Å²) in [5.41, 5.74) is 1.29. The predicted octanol–water partition coefficient (Wildman–Crippen LogP) is 4.17. The highest BCUT2D eigenvalue weighted by Crippen LogP contribution is 2.13. The number of nitrogens with one attached hydrogen (secondary N) is 3. The largest absolute Gasteiger partial charge is 0.444 e. The fourth-order valence-corrected chi connectivity index (χ4v) is 3.66. The number of anilines is 1. The minimum absolute atomic E-state index is 0. The van der Waals surface area contributed by atoms with E-state index in [1.807, 2.05) is 75.4 Å². The molecule has 0 heterocycles. The number of ether oxygens (including phenoxy) is 1. The molecule has 1 unspecified atom stereocenters. The molecule has 32 heavy (non-hydrogen) atoms. The molecule has 0 saturated heterocycles. The summed E-state index contributed by atoms with van der Waals surface area (Å²) in [7, 11) is 0.675. The van der Waals surface area contributed by atoms with Gasteiger partial charge in [-0.3, -0.25) is 14.5 Å². The number of hydrogen-bond donors (Lipinski definition) is 3. The Labute approximate surface area is 210 Å². The first-order valence-corrected chi connectivity index (χ1v) is 11.6. The van der Waals surface area contributed by atoms with E-state index < -0.39 is 22.5 Å². The molecule has 9 heteroatoms. The van der Waals surface area contributed by atoms with Crippen molar-refractivity contribution in [2.24, 2.45) is 4.99 Å². The van der Waals surface area contributed by atoms with E-state index in [4.69, 9.17) is 4.74 Å². The summed E-state index contributed by atoms with van der Waals surface area (Å²) in [5.74, 6) is 1.19. The molecule has 0 saturated carbocycles. The number of hydrogen-bond acceptors (Lipinski definition) is 4. The SMILES string of the molecule is CN=C(NCCc1ccc(NC(=O)OC(C)(C)C)cc1)NCCS(=O)c1ccccc1.I. The first-order valence-electron chi connectivity index (χ1n) is 10.2. The van der Waals surface area contributed by atoms with Crippen LogP contribution < -0.4 is 16.0 Å². The van der Waals surface area contributed by atoms with Gasteiger partial charge in [0.1, 0.15) is 5.60 Å². The molecular weight excluding hydrogens is 539 g/mol. The first-order chi connectivity index (χ1) is 14.8. The lowest BCUT2D eigenvalue weighted by Gasteiger charge is -2.19. The molecule has 0 radical (unpaired) electrons. The molecule has 0 aliphatic rings. The third-order valence-corrected chi connectivity index (χ3v) is 5.49. The third kappa shape index (κ3) is 10.9. The lowest BCUT2D eigenvalue weighted by Crippen LogP contribution is -2.40. The molecule has 0 aliphatic carbocycles. The Morgan fingerprint density at radius 3 is 2.22 bits per heavy atom. The Bertz CT molecular complexity index is 884. The lowest BCUT2D eigenvalue weighted by atomic mass is 10.1. The van der Waals surface area contributed by atoms with Crippen LogP contribution in [0.4, 0.5) is 10.5 Å². The van der Waals surface area contributed by atoms with Gasteiger partial charge in [0, 0.05) is 36.5 Å². The van der Waals surface area contributed by atoms with E-state index in [2.05, 4.69) is 20.9 Å². The monoisotopic (exact) mass is 572 g/mol. The maximum Gasteiger partial charge on any atom is 0.412 e. The summed E-state index contributed by atoms with van der Waals surface area (Å²) in [5, 5.41) is 9.17. The summed E-state index contributed by atoms with van der Waals surface area (Å²) in [6.45, 7) is 6.74. The van der Waals surface area contributed by atoms with Crippen molar-refractivity contribution < 1.29 is 13.7 Å². The second kappa shape index (κ2) is 14.1. The van der Waals surface area contributed by atoms with Crippen molar-refractivity contribution >= 4 is 52.5 Å². The third-order valence-electron chi connectivity index (χ3n) is 4.11. The zero-order valence-electron chi connectivity index (χ0n) is 19.0. The summed E-state index contributed by atoms with van der Waals surface area (Å²) >= 11 is 0. The summed E-state index contributed by atoms with van der Waals surface area (Å²) in [6, 6.07) is 17.1. The van der Waals surface area contributed by atoms with E-state index in [1.165, 1.54) is 0 Å². The first kappa shape index (κ1) is 27.9. The second-order valence-corrected chi connectivity index (χ2v) is 9.43. The molecule has 2 aromatic carbocycles. The Morgan fingerprint density at radius 2 is 1.62 bits per heavy atom. The number of halogens is 1. The van der Waals surface area contributed by atoms with Gasteiger partial charge in [-0.1, -0.05) is 30.3 Å². The highest BCUT2D eigenvalue weighted by molar-refractivity contribution is 14.0. The number of carbonyl (C=O) groups excluding carboxylic acids is 1. The van der Waals surface area contributed by atoms with E-state index in [0.717, 1.165) is 16.9 Å². The molecule has 7 nitrogen and oxygen atoms in total. The Kier molecular flexibility index (Phi) is 12.3. The van der Waals surface area contributed by atoms with E-state index in [-0.39, 0.29) is 24.0 Å². The van der Waals surface area contributed by atoms with Gasteiger partial charge in [-0.05, 0) is 57.0 Å². The van der Waals surface area contributed by atoms with Crippen LogP contribution in [-0.2, 0) is 22.0 Å². The van der Waals surface area contributed by atoms with Crippen LogP contribution in [0.1, 0.15) is 26.3 Å². The fraction of sp³-hybridized carbons (Fsp3) is 0.391. The predicted molar refractivity (Wildman–Crippen MR) is 142 cm³/mol. The molecule has 176 valence electrons. The van der Waals surface area contributed by atoms with Crippen LogP contribution in [0.15, 0.2) is 64.5 Å². The van der Waals surface area contributed by atoms with Gasteiger partial charge in [0.25, 0.3) is 0 Å². The van der Waals surface area contributed by atoms with Gasteiger partial charge in [-0.2, -0.15) is 0 Å². The van der Waals surface area contributed by atoms with Crippen molar-refractivity contribution in [1.29, 1.82) is 0 Å². The normalized spacial score (nSPS) is 12.3. The number of amides is 1. The quantitative estimate of drug-likeness (QED) is 0.251. The van der Waals surface area contributed by atoms with Crippen LogP contribution in [0, 0.1) is 0 Å². The molecule has 1 atom stereocenters. The van der Waals surface area contributed by atoms with Crippen molar-refractivity contribution in [3.05, 3.63) is 60.2 Å². The van der Waals surface area contributed by atoms with Gasteiger partial charge < -0.3 is 15.4 Å². The summed E-state index contributed by atoms with van der Waals surface area (Å²) < 4.78 is 17.5. The Balaban J connectivity index is 0.00000512. The van der Waals surface area contributed by atoms with Gasteiger partial charge in [-0.15, -0.1) is 24.0 Å². The standard InChI is InChI=1S/C23H32N4O3S.HI/c1-23(2,3)30-22(28)27-19-12-10-18(11-13-19)14-15-25-21(24-4)26-16-17-31(29)20-8-6-5-7-9-20;/h5-13H,14-17H2,1-4H3,(H,27,28)(H2,24,25,26);1H. The van der Waals surface area contributed by atoms with Crippen molar-refractivity contribution in [3.8, 4) is 0 Å². The average Bonchev–Trinajstić information content (AvgIpc) is 2.73. The van der Waals surface area contributed by atoms with E-state index in [1.54, 1.807) is 7.05 Å². The number of nitrogens with zero attached hydrogens (tertiary/aromatic N) is 1. The van der Waals surface area contributed by atoms with E-state index >= 15 is 0 Å². The molecular formula is C23H33IN4O3S. The molecule has 3 N–H and O–H groups in total. The Morgan fingerprint density at radius 1 is 1.00 bits per heavy atom. The zero-order valence-corrected chi connectivity index (χ0v) is 22.2. The molecule has 0 aliphatic heterocycles. The summed E-state index contributed by atoms with van der Waals surface area (Å²) in [6.07, 6.45) is 0.327. The van der Waals surface area contributed by atoms with Gasteiger partial charge in [0.2, 0.25) is 0 Å². The van der Waals surface area contributed by atoms with Crippen LogP contribution in [0.2, 0.25) is 0 Å². The van der Waals surface area contributed by atoms with Crippen molar-refractivity contribution in [2.45, 2.75) is 37.7 Å². The number of rotatable bonds is 8. The van der Waals surface area contributed by atoms with E-state index in [9.17, 15) is 9.00 Å². The summed E-state index contributed by atoms with van der Waals surface area (Å²) in [4.78, 5) is 16.8. The number of guanidine groups is 1. The molecule has 2 aromatic rings. The maximum atomic E-state index is 12.3. The minimum Gasteiger partial charge on any atom is -0.444 e.